The second-order valence-electron chi connectivity index (χ2n) is 7.18. The normalized spacial score (nSPS) is 11.9. The van der Waals surface area contributed by atoms with Crippen molar-refractivity contribution < 1.29 is 12.6 Å². The van der Waals surface area contributed by atoms with E-state index in [9.17, 15) is 8.42 Å². The molecular weight excluding hydrogens is 348 g/mol. The van der Waals surface area contributed by atoms with Crippen molar-refractivity contribution in [3.8, 4) is 0 Å². The van der Waals surface area contributed by atoms with Crippen LogP contribution in [0, 0.1) is 0 Å². The van der Waals surface area contributed by atoms with E-state index in [1.807, 2.05) is 0 Å². The summed E-state index contributed by atoms with van der Waals surface area (Å²) in [5, 5.41) is 0. The van der Waals surface area contributed by atoms with Gasteiger partial charge in [0.15, 0.2) is 5.88 Å². The van der Waals surface area contributed by atoms with Gasteiger partial charge in [-0.2, -0.15) is 8.42 Å². The van der Waals surface area contributed by atoms with E-state index < -0.39 is 10.1 Å². The van der Waals surface area contributed by atoms with Crippen molar-refractivity contribution in [1.82, 2.24) is 9.55 Å². The largest absolute Gasteiger partial charge is 0.320 e. The summed E-state index contributed by atoms with van der Waals surface area (Å²) in [6.45, 7) is 2.55. The molecule has 1 aromatic rings. The first-order chi connectivity index (χ1) is 12.6. The number of nitrogens with zero attached hydrogens (tertiary/aromatic N) is 2. The third kappa shape index (κ3) is 13.3. The molecule has 1 rings (SSSR count). The fourth-order valence-electron chi connectivity index (χ4n) is 3.07. The third-order valence-electron chi connectivity index (χ3n) is 4.63. The molecule has 5 nitrogen and oxygen atoms in total. The molecule has 152 valence electrons. The number of aromatic nitrogens is 2. The van der Waals surface area contributed by atoms with Gasteiger partial charge in [0.05, 0.1) is 12.9 Å². The highest BCUT2D eigenvalue weighted by Gasteiger charge is 2.11. The van der Waals surface area contributed by atoms with Crippen LogP contribution in [0.2, 0.25) is 0 Å². The fourth-order valence-corrected chi connectivity index (χ4v) is 4.03. The van der Waals surface area contributed by atoms with Crippen molar-refractivity contribution in [2.45, 2.75) is 103 Å². The summed E-state index contributed by atoms with van der Waals surface area (Å²) in [5.74, 6) is -0.161. The van der Waals surface area contributed by atoms with Gasteiger partial charge in [0.2, 0.25) is 0 Å². The summed E-state index contributed by atoms with van der Waals surface area (Å²) in [4.78, 5) is 3.83. The molecule has 0 fully saturated rings. The first kappa shape index (κ1) is 23.2. The first-order valence-electron chi connectivity index (χ1n) is 10.5. The molecule has 0 unspecified atom stereocenters. The molecule has 0 radical (unpaired) electrons. The molecule has 0 saturated heterocycles. The van der Waals surface area contributed by atoms with Crippen LogP contribution in [0.5, 0.6) is 0 Å². The SMILES string of the molecule is CCCCCCCCCCCCCCCCOS(=O)(=O)Cn1ccnc1. The maximum Gasteiger partial charge on any atom is 0.286 e. The Morgan fingerprint density at radius 3 is 1.77 bits per heavy atom. The van der Waals surface area contributed by atoms with E-state index in [1.165, 1.54) is 87.9 Å². The van der Waals surface area contributed by atoms with Gasteiger partial charge in [-0.25, -0.2) is 4.98 Å². The molecule has 0 aliphatic rings. The fraction of sp³-hybridized carbons (Fsp3) is 0.850. The lowest BCUT2D eigenvalue weighted by Gasteiger charge is -2.06. The van der Waals surface area contributed by atoms with Gasteiger partial charge in [0.1, 0.15) is 0 Å². The van der Waals surface area contributed by atoms with Gasteiger partial charge in [0.25, 0.3) is 10.1 Å². The van der Waals surface area contributed by atoms with Crippen molar-refractivity contribution in [1.29, 1.82) is 0 Å². The van der Waals surface area contributed by atoms with Gasteiger partial charge in [-0.3, -0.25) is 4.18 Å². The van der Waals surface area contributed by atoms with Crippen LogP contribution in [0.25, 0.3) is 0 Å². The minimum absolute atomic E-state index is 0.161. The highest BCUT2D eigenvalue weighted by molar-refractivity contribution is 7.85. The molecule has 0 bridgehead atoms. The Labute approximate surface area is 160 Å². The van der Waals surface area contributed by atoms with E-state index in [1.54, 1.807) is 12.4 Å². The second kappa shape index (κ2) is 15.2. The van der Waals surface area contributed by atoms with Crippen molar-refractivity contribution in [2.75, 3.05) is 6.61 Å². The summed E-state index contributed by atoms with van der Waals surface area (Å²) < 4.78 is 30.1. The molecule has 0 aromatic carbocycles. The molecule has 0 aliphatic heterocycles. The Hall–Kier alpha value is -0.880. The van der Waals surface area contributed by atoms with Crippen LogP contribution in [0.1, 0.15) is 96.8 Å². The van der Waals surface area contributed by atoms with Crippen molar-refractivity contribution >= 4 is 10.1 Å². The molecule has 0 atom stereocenters. The number of hydrogen-bond donors (Lipinski definition) is 0. The second-order valence-corrected chi connectivity index (χ2v) is 8.79. The zero-order chi connectivity index (χ0) is 18.9. The zero-order valence-corrected chi connectivity index (χ0v) is 17.4. The van der Waals surface area contributed by atoms with E-state index >= 15 is 0 Å². The quantitative estimate of drug-likeness (QED) is 0.241. The van der Waals surface area contributed by atoms with Crippen LogP contribution >= 0.6 is 0 Å². The average Bonchev–Trinajstić information content (AvgIpc) is 3.10. The van der Waals surface area contributed by atoms with E-state index in [4.69, 9.17) is 4.18 Å². The molecule has 0 amide bonds. The summed E-state index contributed by atoms with van der Waals surface area (Å²) in [6.07, 6.45) is 22.6. The minimum Gasteiger partial charge on any atom is -0.320 e. The standard InChI is InChI=1S/C20H38N2O3S/c1-2-3-4-5-6-7-8-9-10-11-12-13-14-15-18-25-26(23,24)20-22-17-16-21-19-22/h16-17,19H,2-15,18,20H2,1H3. The molecule has 0 aliphatic carbocycles. The van der Waals surface area contributed by atoms with E-state index in [-0.39, 0.29) is 12.5 Å². The number of unbranched alkanes of at least 4 members (excludes halogenated alkanes) is 13. The first-order valence-corrected chi connectivity index (χ1v) is 12.0. The van der Waals surface area contributed by atoms with E-state index in [2.05, 4.69) is 11.9 Å². The summed E-state index contributed by atoms with van der Waals surface area (Å²) in [7, 11) is -3.50. The Morgan fingerprint density at radius 2 is 1.31 bits per heavy atom. The van der Waals surface area contributed by atoms with Crippen molar-refractivity contribution in [3.05, 3.63) is 18.7 Å². The maximum atomic E-state index is 11.8. The van der Waals surface area contributed by atoms with Gasteiger partial charge < -0.3 is 4.57 Å². The highest BCUT2D eigenvalue weighted by Crippen LogP contribution is 2.13. The molecule has 26 heavy (non-hydrogen) atoms. The molecule has 0 N–H and O–H groups in total. The van der Waals surface area contributed by atoms with E-state index in [0.29, 0.717) is 0 Å². The third-order valence-corrected chi connectivity index (χ3v) is 5.77. The number of hydrogen-bond acceptors (Lipinski definition) is 4. The number of imidazole rings is 1. The Balaban J connectivity index is 1.82. The maximum absolute atomic E-state index is 11.8. The van der Waals surface area contributed by atoms with Crippen molar-refractivity contribution in [2.24, 2.45) is 0 Å². The Morgan fingerprint density at radius 1 is 0.808 bits per heavy atom. The average molecular weight is 387 g/mol. The molecule has 0 saturated carbocycles. The van der Waals surface area contributed by atoms with E-state index in [0.717, 1.165) is 12.8 Å². The van der Waals surface area contributed by atoms with Crippen LogP contribution in [0.3, 0.4) is 0 Å². The van der Waals surface area contributed by atoms with Crippen LogP contribution in [-0.2, 0) is 20.2 Å². The summed E-state index contributed by atoms with van der Waals surface area (Å²) in [5.41, 5.74) is 0. The van der Waals surface area contributed by atoms with Crippen LogP contribution < -0.4 is 0 Å². The summed E-state index contributed by atoms with van der Waals surface area (Å²) in [6, 6.07) is 0. The minimum atomic E-state index is -3.50. The van der Waals surface area contributed by atoms with Gasteiger partial charge in [-0.15, -0.1) is 0 Å². The Bertz CT molecular complexity index is 515. The molecular formula is C20H38N2O3S. The van der Waals surface area contributed by atoms with Gasteiger partial charge in [-0.05, 0) is 6.42 Å². The Kier molecular flexibility index (Phi) is 13.5. The zero-order valence-electron chi connectivity index (χ0n) is 16.6. The predicted octanol–water partition coefficient (Wildman–Crippen LogP) is 5.67. The van der Waals surface area contributed by atoms with Gasteiger partial charge in [0, 0.05) is 12.4 Å². The summed E-state index contributed by atoms with van der Waals surface area (Å²) >= 11 is 0. The topological polar surface area (TPSA) is 61.2 Å². The highest BCUT2D eigenvalue weighted by atomic mass is 32.2. The van der Waals surface area contributed by atoms with Gasteiger partial charge in [-0.1, -0.05) is 90.4 Å². The van der Waals surface area contributed by atoms with Gasteiger partial charge >= 0.3 is 0 Å². The van der Waals surface area contributed by atoms with Crippen LogP contribution in [0.15, 0.2) is 18.7 Å². The molecule has 1 aromatic heterocycles. The molecule has 0 spiro atoms. The number of rotatable bonds is 18. The smallest absolute Gasteiger partial charge is 0.286 e. The predicted molar refractivity (Wildman–Crippen MR) is 107 cm³/mol. The van der Waals surface area contributed by atoms with Crippen molar-refractivity contribution in [3.63, 3.8) is 0 Å². The lowest BCUT2D eigenvalue weighted by Crippen LogP contribution is -2.13. The van der Waals surface area contributed by atoms with Crippen LogP contribution in [-0.4, -0.2) is 24.6 Å². The lowest BCUT2D eigenvalue weighted by atomic mass is 10.0. The van der Waals surface area contributed by atoms with Crippen LogP contribution in [0.4, 0.5) is 0 Å². The molecule has 1 heterocycles. The monoisotopic (exact) mass is 386 g/mol. The lowest BCUT2D eigenvalue weighted by molar-refractivity contribution is 0.302. The molecule has 6 heteroatoms.